The summed E-state index contributed by atoms with van der Waals surface area (Å²) in [5.74, 6) is -0.607. The predicted octanol–water partition coefficient (Wildman–Crippen LogP) is -8.78. The van der Waals surface area contributed by atoms with Crippen molar-refractivity contribution in [3.8, 4) is 0 Å². The van der Waals surface area contributed by atoms with Crippen LogP contribution in [0.4, 0.5) is 0 Å². The molecule has 0 unspecified atom stereocenters. The van der Waals surface area contributed by atoms with Gasteiger partial charge in [-0.3, -0.25) is 24.2 Å². The maximum Gasteiger partial charge on any atom is 0.302 e. The Hall–Kier alpha value is -3.95. The summed E-state index contributed by atoms with van der Waals surface area (Å²) in [5.41, 5.74) is -0.148. The lowest BCUT2D eigenvalue weighted by molar-refractivity contribution is -0.396. The molecule has 4 saturated carbocycles. The predicted molar refractivity (Wildman–Crippen MR) is 421 cm³/mol. The molecule has 21 N–H and O–H groups in total. The number of allylic oxidation sites excluding steroid dienone is 2. The summed E-state index contributed by atoms with van der Waals surface area (Å²) in [6.07, 6.45) is -61.2. The van der Waals surface area contributed by atoms with Gasteiger partial charge in [-0.1, -0.05) is 59.3 Å². The van der Waals surface area contributed by atoms with Crippen molar-refractivity contribution in [3.05, 3.63) is 23.5 Å². The molecule has 1 amide bonds. The van der Waals surface area contributed by atoms with Gasteiger partial charge in [-0.15, -0.1) is 5.10 Å². The molecule has 127 heavy (non-hydrogen) atoms. The number of nitrogens with zero attached hydrogens (tertiary/aromatic N) is 5. The minimum atomic E-state index is -2.29. The van der Waals surface area contributed by atoms with E-state index in [1.54, 1.807) is 6.20 Å². The van der Waals surface area contributed by atoms with Crippen molar-refractivity contribution in [1.29, 1.82) is 0 Å². The number of aliphatic hydroxyl groups is 20. The SMILES string of the molecule is CC(=O)OC[C@H]1O[C@@H]2O[C@H]3[C@H](O)[C@@H](O)[C@@H](O[C@H]4[C@H](O)[C@@H](O)[C@@H](O[C@H]5[C@H](O)[C@@H](O)[C@@H](O[C@H]6[C@H](O)[C@@H](O)[C@@H](O[C@H]7[C@H](O)[C@@H](O)[C@@H](O[C@H]8[C@H](O)[C@@H](O)[C@@H](O[C@H]1[C@H](O)[C@H]2O)O[C@@H]8CO)O[C@@H]7CO)O[C@@H]6CO)O[C@@H]5CO)O[C@@H]4CO)O[C@@H]3Cn1cc(CN2CCN(CCNC(=O)[C@@]3(C)CC[C@]4(C)CC[C@]5(C)C(=CC(=O)[C@@H]6[C@@]7(C)CC[C@H](O)C(C)(C)[C@@H]7CC[C@]65C)[C@@H]4C3)CC2)nn1. The maximum atomic E-state index is 15.0. The molecule has 28 rings (SSSR count). The number of carbonyl (C=O) groups is 3. The highest BCUT2D eigenvalue weighted by atomic mass is 16.8. The Morgan fingerprint density at radius 2 is 0.843 bits per heavy atom. The molecule has 1 aromatic rings. The zero-order chi connectivity index (χ0) is 91.5. The lowest BCUT2D eigenvalue weighted by Crippen LogP contribution is -2.68. The van der Waals surface area contributed by atoms with Crippen LogP contribution >= 0.6 is 0 Å². The summed E-state index contributed by atoms with van der Waals surface area (Å²) < 4.78 is 90.0. The highest BCUT2D eigenvalue weighted by Gasteiger charge is 2.71. The number of hydrogen-bond acceptors (Lipinski definition) is 42. The minimum absolute atomic E-state index is 0.00641. The zero-order valence-electron chi connectivity index (χ0n) is 72.5. The van der Waals surface area contributed by atoms with Gasteiger partial charge in [0.05, 0.1) is 51.4 Å². The molecular weight excluding hydrogens is 1690 g/mol. The first kappa shape index (κ1) is 97.6. The fourth-order valence-electron chi connectivity index (χ4n) is 23.6. The van der Waals surface area contributed by atoms with Crippen molar-refractivity contribution < 1.29 is 188 Å². The van der Waals surface area contributed by atoms with Crippen LogP contribution < -0.4 is 5.32 Å². The Kier molecular flexibility index (Phi) is 29.4. The van der Waals surface area contributed by atoms with Crippen LogP contribution in [-0.4, -0.2) is 445 Å². The molecule has 44 heteroatoms. The molecule has 44 atom stereocenters. The molecule has 22 aliphatic heterocycles. The van der Waals surface area contributed by atoms with Crippen molar-refractivity contribution in [1.82, 2.24) is 30.1 Å². The van der Waals surface area contributed by atoms with Gasteiger partial charge in [-0.25, -0.2) is 4.68 Å². The van der Waals surface area contributed by atoms with E-state index in [1.165, 1.54) is 10.3 Å². The van der Waals surface area contributed by atoms with Gasteiger partial charge < -0.3 is 179 Å². The van der Waals surface area contributed by atoms with Gasteiger partial charge >= 0.3 is 5.97 Å². The molecular formula is C83H132N6O38. The van der Waals surface area contributed by atoms with E-state index < -0.39 is 279 Å². The number of hydrogen-bond donors (Lipinski definition) is 21. The Morgan fingerprint density at radius 3 is 1.25 bits per heavy atom. The Morgan fingerprint density at radius 1 is 0.465 bits per heavy atom. The number of amides is 1. The monoisotopic (exact) mass is 1820 g/mol. The fourth-order valence-corrected chi connectivity index (χ4v) is 23.6. The van der Waals surface area contributed by atoms with Crippen LogP contribution in [0.2, 0.25) is 0 Å². The first-order valence-corrected chi connectivity index (χ1v) is 44.5. The third-order valence-corrected chi connectivity index (χ3v) is 31.5. The molecule has 26 fully saturated rings. The molecule has 722 valence electrons. The summed E-state index contributed by atoms with van der Waals surface area (Å²) in [4.78, 5) is 46.5. The molecule has 22 saturated heterocycles. The number of rotatable bonds is 15. The number of fused-ring (bicyclic) bond motifs is 7. The number of aromatic nitrogens is 3. The van der Waals surface area contributed by atoms with Gasteiger partial charge in [0.2, 0.25) is 5.91 Å². The quantitative estimate of drug-likeness (QED) is 0.0725. The van der Waals surface area contributed by atoms with Gasteiger partial charge in [0.1, 0.15) is 178 Å². The Balaban J connectivity index is 0.637. The van der Waals surface area contributed by atoms with Gasteiger partial charge in [-0.2, -0.15) is 0 Å². The summed E-state index contributed by atoms with van der Waals surface area (Å²) in [5, 5.41) is 242. The van der Waals surface area contributed by atoms with Crippen LogP contribution in [-0.2, 0) is 98.5 Å². The second-order valence-electron chi connectivity index (χ2n) is 39.5. The van der Waals surface area contributed by atoms with Gasteiger partial charge in [-0.05, 0) is 103 Å². The third kappa shape index (κ3) is 18.1. The van der Waals surface area contributed by atoms with E-state index in [9.17, 15) is 112 Å². The van der Waals surface area contributed by atoms with Crippen molar-refractivity contribution in [2.75, 3.05) is 78.9 Å². The number of esters is 1. The highest BCUT2D eigenvalue weighted by molar-refractivity contribution is 5.96. The molecule has 14 bridgehead atoms. The van der Waals surface area contributed by atoms with Crippen LogP contribution in [0, 0.1) is 50.2 Å². The molecule has 0 aromatic carbocycles. The van der Waals surface area contributed by atoms with Gasteiger partial charge in [0, 0.05) is 70.3 Å². The Labute approximate surface area is 732 Å². The van der Waals surface area contributed by atoms with Crippen molar-refractivity contribution in [2.24, 2.45) is 50.2 Å². The maximum absolute atomic E-state index is 15.0. The lowest BCUT2D eigenvalue weighted by atomic mass is 9.33. The average molecular weight is 1820 g/mol. The smallest absolute Gasteiger partial charge is 0.302 e. The summed E-state index contributed by atoms with van der Waals surface area (Å²) in [6, 6.07) is 0. The summed E-state index contributed by atoms with van der Waals surface area (Å²) in [7, 11) is 0. The minimum Gasteiger partial charge on any atom is -0.463 e. The van der Waals surface area contributed by atoms with E-state index in [0.29, 0.717) is 57.8 Å². The molecule has 23 heterocycles. The largest absolute Gasteiger partial charge is 0.463 e. The van der Waals surface area contributed by atoms with E-state index >= 15 is 4.79 Å². The van der Waals surface area contributed by atoms with E-state index in [4.69, 9.17) is 71.1 Å². The number of carbonyl (C=O) groups excluding carboxylic acids is 3. The lowest BCUT2D eigenvalue weighted by Gasteiger charge is -2.70. The molecule has 27 aliphatic rings. The van der Waals surface area contributed by atoms with Crippen LogP contribution in [0.1, 0.15) is 119 Å². The molecule has 1 aromatic heterocycles. The van der Waals surface area contributed by atoms with Crippen LogP contribution in [0.15, 0.2) is 17.8 Å². The average Bonchev–Trinajstić information content (AvgIpc) is 0.843. The van der Waals surface area contributed by atoms with Crippen molar-refractivity contribution in [2.45, 2.75) is 347 Å². The number of ketones is 1. The number of ether oxygens (including phenoxy) is 15. The van der Waals surface area contributed by atoms with E-state index in [2.05, 4.69) is 73.9 Å². The first-order chi connectivity index (χ1) is 60.1. The second-order valence-corrected chi connectivity index (χ2v) is 39.5. The van der Waals surface area contributed by atoms with E-state index in [-0.39, 0.29) is 63.1 Å². The fraction of sp³-hybridized carbons (Fsp3) is 0.916. The summed E-state index contributed by atoms with van der Waals surface area (Å²) >= 11 is 0. The standard InChI is InChI=1S/C83H132N6O38/c1-34(95)113-33-45-68-54(104)61(111)76(120-45)121-62-39(27-89-26-35(85-86-89)25-88-21-19-87(20-22-88)18-17-84-77(112)80(5)14-13-79(4)15-16-82(7)36(37(79)24-80)23-38(96)69-81(6)11-10-47(97)78(2,3)46(81)9-12-83(69,82)8)114-70(55(105)48(62)98)122-63-40(28-90)115-71(56(106)49(63)99)123-64-41(29-91)116-72(57(107)50(64)100)124-65-42(30-92)117-73(58(108)51(65)101)125-66-43(31-93)118-74(59(109)52(66)102)126-67-44(32-94)119-75(127-68)60(110)53(67)103/h23,26,37,39-76,90-94,97-111H,9-22,24-25,27-33H2,1-8H3,(H,84,112)/t37-,39+,40+,41+,42+,43+,44+,45+,46-,47-,48+,49+,50+,51+,52+,53+,54+,55+,56+,57+,58+,59+,60+,61+,62+,63+,64+,65+,66+,67+,68+,69+,70+,71+,72+,73+,74+,75+,76+,79+,80-,81-,82+,83+/m0/s1. The van der Waals surface area contributed by atoms with Gasteiger partial charge in [0.15, 0.2) is 49.8 Å². The topological polar surface area (TPSA) is 643 Å². The normalized spacial score (nSPS) is 50.7. The van der Waals surface area contributed by atoms with Crippen LogP contribution in [0.25, 0.3) is 0 Å². The van der Waals surface area contributed by atoms with Crippen molar-refractivity contribution >= 4 is 17.7 Å². The molecule has 44 nitrogen and oxygen atoms in total. The van der Waals surface area contributed by atoms with Crippen LogP contribution in [0.3, 0.4) is 0 Å². The summed E-state index contributed by atoms with van der Waals surface area (Å²) in [6.45, 7) is 13.8. The molecule has 5 aliphatic carbocycles. The van der Waals surface area contributed by atoms with E-state index in [0.717, 1.165) is 51.9 Å². The zero-order valence-corrected chi connectivity index (χ0v) is 72.5. The number of aliphatic hydroxyl groups excluding tert-OH is 20. The third-order valence-electron chi connectivity index (χ3n) is 31.5. The van der Waals surface area contributed by atoms with Gasteiger partial charge in [0.25, 0.3) is 0 Å². The number of nitrogens with one attached hydrogen (secondary N) is 1. The Bertz CT molecular complexity index is 3940. The second kappa shape index (κ2) is 38.3. The first-order valence-electron chi connectivity index (χ1n) is 44.5. The van der Waals surface area contributed by atoms with E-state index in [1.807, 2.05) is 6.08 Å². The number of piperazine rings is 1. The molecule has 0 radical (unpaired) electrons. The van der Waals surface area contributed by atoms with Crippen LogP contribution in [0.5, 0.6) is 0 Å². The van der Waals surface area contributed by atoms with Crippen molar-refractivity contribution in [3.63, 3.8) is 0 Å². The highest BCUT2D eigenvalue weighted by Crippen LogP contribution is 2.75. The molecule has 0 spiro atoms.